The third kappa shape index (κ3) is 6.03. The van der Waals surface area contributed by atoms with Gasteiger partial charge in [0.25, 0.3) is 6.71 Å². The van der Waals surface area contributed by atoms with Crippen LogP contribution in [0.3, 0.4) is 0 Å². The summed E-state index contributed by atoms with van der Waals surface area (Å²) in [6.07, 6.45) is 2.39. The molecular weight excluding hydrogens is 744 g/mol. The van der Waals surface area contributed by atoms with Crippen molar-refractivity contribution in [3.63, 3.8) is 0 Å². The second kappa shape index (κ2) is 13.2. The number of nitrogens with zero attached hydrogens (tertiary/aromatic N) is 2. The van der Waals surface area contributed by atoms with Gasteiger partial charge in [0.05, 0.1) is 5.69 Å². The van der Waals surface area contributed by atoms with Gasteiger partial charge >= 0.3 is 0 Å². The number of anilines is 6. The van der Waals surface area contributed by atoms with E-state index in [9.17, 15) is 0 Å². The molecule has 0 unspecified atom stereocenters. The Morgan fingerprint density at radius 2 is 1.18 bits per heavy atom. The first-order valence-corrected chi connectivity index (χ1v) is 22.9. The molecular formula is C56H59BN2S. The zero-order chi connectivity index (χ0) is 42.3. The first-order valence-electron chi connectivity index (χ1n) is 22.1. The molecule has 7 aromatic rings. The average molecular weight is 803 g/mol. The van der Waals surface area contributed by atoms with Gasteiger partial charge < -0.3 is 9.80 Å². The van der Waals surface area contributed by atoms with Gasteiger partial charge in [-0.2, -0.15) is 0 Å². The van der Waals surface area contributed by atoms with Crippen LogP contribution in [0.5, 0.6) is 0 Å². The number of fused-ring (bicyclic) bond motifs is 7. The lowest BCUT2D eigenvalue weighted by atomic mass is 9.36. The van der Waals surface area contributed by atoms with Crippen molar-refractivity contribution < 1.29 is 0 Å². The highest BCUT2D eigenvalue weighted by molar-refractivity contribution is 7.33. The Bertz CT molecular complexity index is 2860. The Hall–Kier alpha value is -5.06. The van der Waals surface area contributed by atoms with Crippen LogP contribution in [0.1, 0.15) is 115 Å². The summed E-state index contributed by atoms with van der Waals surface area (Å²) in [5, 5.41) is 1.38. The Balaban J connectivity index is 1.33. The van der Waals surface area contributed by atoms with Crippen LogP contribution in [-0.4, -0.2) is 6.71 Å². The van der Waals surface area contributed by atoms with Crippen molar-refractivity contribution in [3.05, 3.63) is 149 Å². The number of rotatable bonds is 3. The van der Waals surface area contributed by atoms with Gasteiger partial charge in [-0.15, -0.1) is 11.3 Å². The molecule has 0 spiro atoms. The fourth-order valence-electron chi connectivity index (χ4n) is 10.4. The number of hydrogen-bond donors (Lipinski definition) is 0. The molecule has 3 heterocycles. The lowest BCUT2D eigenvalue weighted by Gasteiger charge is -2.44. The summed E-state index contributed by atoms with van der Waals surface area (Å²) in [4.78, 5) is 5.26. The van der Waals surface area contributed by atoms with Crippen molar-refractivity contribution in [2.75, 3.05) is 9.80 Å². The smallest absolute Gasteiger partial charge is 0.264 e. The highest BCUT2D eigenvalue weighted by Gasteiger charge is 2.47. The lowest BCUT2D eigenvalue weighted by molar-refractivity contribution is 0.332. The standard InChI is InChI=1S/C56H59BN2S/c1-34-28-47-50-48(29-34)59(46-30-37(19-18-35(46)2)36-16-14-13-15-17-36)51-41-32-42-43(56(11,12)27-26-55(42,9)10)33-49(41)60-52(51)57(50)44-31-39(54(6,7)8)22-25-45(44)58(47)40-23-20-38(21-24-40)53(3,4)5/h13-25,28-33H,26-27H2,1-12H3. The van der Waals surface area contributed by atoms with Crippen molar-refractivity contribution in [2.45, 2.75) is 118 Å². The second-order valence-electron chi connectivity index (χ2n) is 21.5. The fourth-order valence-corrected chi connectivity index (χ4v) is 11.8. The molecule has 2 nitrogen and oxygen atoms in total. The van der Waals surface area contributed by atoms with Crippen molar-refractivity contribution >= 4 is 78.0 Å². The summed E-state index contributed by atoms with van der Waals surface area (Å²) in [7, 11) is 0. The van der Waals surface area contributed by atoms with Gasteiger partial charge in [0, 0.05) is 43.3 Å². The average Bonchev–Trinajstić information content (AvgIpc) is 3.57. The second-order valence-corrected chi connectivity index (χ2v) is 22.6. The summed E-state index contributed by atoms with van der Waals surface area (Å²) < 4.78 is 2.84. The van der Waals surface area contributed by atoms with Crippen LogP contribution in [-0.2, 0) is 21.7 Å². The SMILES string of the molecule is Cc1cc2c3c(c1)N(c1cc(-c4ccccc4)ccc1C)c1c(sc4cc5c(cc14)C(C)(C)CCC5(C)C)B3c1cc(C(C)(C)C)ccc1N2c1ccc(C(C)(C)C)cc1. The molecule has 0 fully saturated rings. The predicted octanol–water partition coefficient (Wildman–Crippen LogP) is 14.2. The Morgan fingerprint density at radius 1 is 0.567 bits per heavy atom. The van der Waals surface area contributed by atoms with E-state index >= 15 is 0 Å². The first-order chi connectivity index (χ1) is 28.3. The van der Waals surface area contributed by atoms with Crippen molar-refractivity contribution in [1.29, 1.82) is 0 Å². The molecule has 2 aliphatic heterocycles. The van der Waals surface area contributed by atoms with Crippen LogP contribution < -0.4 is 25.5 Å². The predicted molar refractivity (Wildman–Crippen MR) is 263 cm³/mol. The van der Waals surface area contributed by atoms with Gasteiger partial charge in [0.2, 0.25) is 0 Å². The molecule has 60 heavy (non-hydrogen) atoms. The highest BCUT2D eigenvalue weighted by atomic mass is 32.1. The molecule has 0 radical (unpaired) electrons. The van der Waals surface area contributed by atoms with Crippen LogP contribution in [0.2, 0.25) is 0 Å². The minimum atomic E-state index is -0.000491. The van der Waals surface area contributed by atoms with Crippen molar-refractivity contribution in [3.8, 4) is 11.1 Å². The number of thiophene rings is 1. The molecule has 1 aromatic heterocycles. The summed E-state index contributed by atoms with van der Waals surface area (Å²) in [5.74, 6) is 0. The largest absolute Gasteiger partial charge is 0.311 e. The maximum atomic E-state index is 2.69. The van der Waals surface area contributed by atoms with E-state index < -0.39 is 0 Å². The van der Waals surface area contributed by atoms with Crippen LogP contribution in [0, 0.1) is 13.8 Å². The normalized spacial score (nSPS) is 16.4. The maximum Gasteiger partial charge on any atom is 0.264 e. The molecule has 302 valence electrons. The number of benzene rings is 6. The molecule has 4 heteroatoms. The van der Waals surface area contributed by atoms with Crippen LogP contribution in [0.4, 0.5) is 34.1 Å². The van der Waals surface area contributed by atoms with Gasteiger partial charge in [0.1, 0.15) is 0 Å². The summed E-state index contributed by atoms with van der Waals surface area (Å²) >= 11 is 2.04. The molecule has 3 aliphatic rings. The van der Waals surface area contributed by atoms with E-state index in [-0.39, 0.29) is 28.4 Å². The van der Waals surface area contributed by atoms with E-state index in [4.69, 9.17) is 0 Å². The van der Waals surface area contributed by atoms with Gasteiger partial charge in [-0.25, -0.2) is 0 Å². The molecule has 0 bridgehead atoms. The fraction of sp³-hybridized carbons (Fsp3) is 0.321. The number of hydrogen-bond acceptors (Lipinski definition) is 3. The maximum absolute atomic E-state index is 2.69. The van der Waals surface area contributed by atoms with Crippen LogP contribution >= 0.6 is 11.3 Å². The minimum absolute atomic E-state index is 0.000491. The zero-order valence-electron chi connectivity index (χ0n) is 37.8. The van der Waals surface area contributed by atoms with E-state index in [1.54, 1.807) is 0 Å². The third-order valence-electron chi connectivity index (χ3n) is 14.2. The summed E-state index contributed by atoms with van der Waals surface area (Å²) in [6.45, 7) is 28.5. The quantitative estimate of drug-likeness (QED) is 0.164. The molecule has 0 saturated heterocycles. The van der Waals surface area contributed by atoms with Gasteiger partial charge in [-0.05, 0) is 152 Å². The molecule has 6 aromatic carbocycles. The molecule has 0 saturated carbocycles. The van der Waals surface area contributed by atoms with E-state index in [2.05, 4.69) is 208 Å². The van der Waals surface area contributed by atoms with Crippen molar-refractivity contribution in [1.82, 2.24) is 0 Å². The molecule has 1 aliphatic carbocycles. The van der Waals surface area contributed by atoms with Gasteiger partial charge in [-0.3, -0.25) is 0 Å². The monoisotopic (exact) mass is 802 g/mol. The third-order valence-corrected chi connectivity index (χ3v) is 15.4. The van der Waals surface area contributed by atoms with E-state index in [1.807, 2.05) is 11.3 Å². The Kier molecular flexibility index (Phi) is 8.62. The van der Waals surface area contributed by atoms with Gasteiger partial charge in [-0.1, -0.05) is 136 Å². The molecule has 0 N–H and O–H groups in total. The van der Waals surface area contributed by atoms with Crippen molar-refractivity contribution in [2.24, 2.45) is 0 Å². The molecule has 10 rings (SSSR count). The minimum Gasteiger partial charge on any atom is -0.311 e. The lowest BCUT2D eigenvalue weighted by Crippen LogP contribution is -2.60. The Labute approximate surface area is 363 Å². The Morgan fingerprint density at radius 3 is 1.83 bits per heavy atom. The highest BCUT2D eigenvalue weighted by Crippen LogP contribution is 2.53. The molecule has 0 amide bonds. The number of aryl methyl sites for hydroxylation is 2. The summed E-state index contributed by atoms with van der Waals surface area (Å²) in [5.41, 5.74) is 21.5. The van der Waals surface area contributed by atoms with E-state index in [1.165, 1.54) is 117 Å². The van der Waals surface area contributed by atoms with Crippen LogP contribution in [0.15, 0.2) is 115 Å². The van der Waals surface area contributed by atoms with Gasteiger partial charge in [0.15, 0.2) is 0 Å². The van der Waals surface area contributed by atoms with Crippen LogP contribution in [0.25, 0.3) is 21.2 Å². The zero-order valence-corrected chi connectivity index (χ0v) is 38.6. The molecule has 0 atom stereocenters. The van der Waals surface area contributed by atoms with E-state index in [0.717, 1.165) is 0 Å². The summed E-state index contributed by atoms with van der Waals surface area (Å²) in [6, 6.07) is 44.9. The first kappa shape index (κ1) is 39.1. The van der Waals surface area contributed by atoms with E-state index in [0.29, 0.717) is 0 Å². The topological polar surface area (TPSA) is 6.48 Å².